The molecule has 1 heterocycles. The predicted molar refractivity (Wildman–Crippen MR) is 114 cm³/mol. The van der Waals surface area contributed by atoms with Crippen LogP contribution in [0.5, 0.6) is 5.75 Å². The highest BCUT2D eigenvalue weighted by molar-refractivity contribution is 5.93. The third kappa shape index (κ3) is 5.24. The van der Waals surface area contributed by atoms with E-state index in [0.29, 0.717) is 19.1 Å². The summed E-state index contributed by atoms with van der Waals surface area (Å²) >= 11 is 0. The van der Waals surface area contributed by atoms with Crippen molar-refractivity contribution in [3.8, 4) is 5.75 Å². The van der Waals surface area contributed by atoms with Crippen molar-refractivity contribution in [3.05, 3.63) is 59.7 Å². The van der Waals surface area contributed by atoms with Crippen LogP contribution in [0.25, 0.3) is 0 Å². The Morgan fingerprint density at radius 1 is 1.14 bits per heavy atom. The molecule has 1 fully saturated rings. The van der Waals surface area contributed by atoms with Crippen LogP contribution in [0.2, 0.25) is 0 Å². The van der Waals surface area contributed by atoms with Crippen LogP contribution in [0.4, 0.5) is 5.69 Å². The summed E-state index contributed by atoms with van der Waals surface area (Å²) < 4.78 is 10.7. The zero-order valence-electron chi connectivity index (χ0n) is 16.7. The zero-order chi connectivity index (χ0) is 19.8. The number of ether oxygens (including phenoxy) is 2. The van der Waals surface area contributed by atoms with E-state index in [9.17, 15) is 0 Å². The predicted octanol–water partition coefficient (Wildman–Crippen LogP) is 3.41. The third-order valence-corrected chi connectivity index (χ3v) is 5.07. The van der Waals surface area contributed by atoms with Crippen LogP contribution >= 0.6 is 0 Å². The quantitative estimate of drug-likeness (QED) is 0.541. The first kappa shape index (κ1) is 20.2. The van der Waals surface area contributed by atoms with Gasteiger partial charge in [0.05, 0.1) is 26.3 Å². The lowest BCUT2D eigenvalue weighted by atomic mass is 10.1. The SMILES string of the molecule is COCc1ccccc1NC(N)=NCC(c1cccc(OC)c1)N1CCCC1. The Kier molecular flexibility index (Phi) is 7.28. The number of anilines is 1. The molecule has 0 aromatic heterocycles. The van der Waals surface area contributed by atoms with Crippen LogP contribution < -0.4 is 15.8 Å². The summed E-state index contributed by atoms with van der Waals surface area (Å²) in [5.74, 6) is 1.28. The molecule has 28 heavy (non-hydrogen) atoms. The second kappa shape index (κ2) is 10.1. The number of nitrogens with zero attached hydrogens (tertiary/aromatic N) is 2. The number of hydrogen-bond donors (Lipinski definition) is 2. The molecule has 1 aliphatic rings. The largest absolute Gasteiger partial charge is 0.497 e. The van der Waals surface area contributed by atoms with Gasteiger partial charge in [0.15, 0.2) is 5.96 Å². The normalized spacial score (nSPS) is 16.1. The van der Waals surface area contributed by atoms with E-state index in [1.807, 2.05) is 36.4 Å². The summed E-state index contributed by atoms with van der Waals surface area (Å²) in [5, 5.41) is 3.22. The molecule has 1 saturated heterocycles. The Morgan fingerprint density at radius 3 is 2.68 bits per heavy atom. The van der Waals surface area contributed by atoms with E-state index < -0.39 is 0 Å². The second-order valence-electron chi connectivity index (χ2n) is 6.98. The molecule has 0 bridgehead atoms. The number of methoxy groups -OCH3 is 2. The van der Waals surface area contributed by atoms with Gasteiger partial charge in [0.2, 0.25) is 0 Å². The van der Waals surface area contributed by atoms with Gasteiger partial charge in [-0.1, -0.05) is 30.3 Å². The Hall–Kier alpha value is -2.57. The number of hydrogen-bond acceptors (Lipinski definition) is 4. The Bertz CT molecular complexity index is 788. The molecule has 6 heteroatoms. The number of rotatable bonds is 8. The molecule has 0 amide bonds. The zero-order valence-corrected chi connectivity index (χ0v) is 16.7. The highest BCUT2D eigenvalue weighted by atomic mass is 16.5. The number of likely N-dealkylation sites (tertiary alicyclic amines) is 1. The van der Waals surface area contributed by atoms with E-state index >= 15 is 0 Å². The van der Waals surface area contributed by atoms with Crippen molar-refractivity contribution in [1.82, 2.24) is 4.90 Å². The van der Waals surface area contributed by atoms with Crippen molar-refractivity contribution in [3.63, 3.8) is 0 Å². The Morgan fingerprint density at radius 2 is 1.93 bits per heavy atom. The first-order valence-corrected chi connectivity index (χ1v) is 9.73. The lowest BCUT2D eigenvalue weighted by Crippen LogP contribution is -2.30. The summed E-state index contributed by atoms with van der Waals surface area (Å²) in [7, 11) is 3.38. The van der Waals surface area contributed by atoms with Crippen molar-refractivity contribution in [2.24, 2.45) is 10.7 Å². The number of benzene rings is 2. The molecule has 3 rings (SSSR count). The number of guanidine groups is 1. The van der Waals surface area contributed by atoms with Crippen LogP contribution in [0.3, 0.4) is 0 Å². The van der Waals surface area contributed by atoms with E-state index in [0.717, 1.165) is 30.1 Å². The first-order valence-electron chi connectivity index (χ1n) is 9.73. The van der Waals surface area contributed by atoms with Crippen molar-refractivity contribution in [1.29, 1.82) is 0 Å². The van der Waals surface area contributed by atoms with Gasteiger partial charge in [-0.2, -0.15) is 0 Å². The topological polar surface area (TPSA) is 72.1 Å². The van der Waals surface area contributed by atoms with E-state index in [1.165, 1.54) is 18.4 Å². The summed E-state index contributed by atoms with van der Waals surface area (Å²) in [6, 6.07) is 16.4. The number of para-hydroxylation sites is 1. The summed E-state index contributed by atoms with van der Waals surface area (Å²) in [6.45, 7) is 3.29. The van der Waals surface area contributed by atoms with Gasteiger partial charge in [-0.25, -0.2) is 0 Å². The van der Waals surface area contributed by atoms with Gasteiger partial charge in [-0.15, -0.1) is 0 Å². The molecule has 0 saturated carbocycles. The average molecular weight is 383 g/mol. The fourth-order valence-electron chi connectivity index (χ4n) is 3.62. The van der Waals surface area contributed by atoms with Gasteiger partial charge in [-0.3, -0.25) is 9.89 Å². The minimum absolute atomic E-state index is 0.187. The second-order valence-corrected chi connectivity index (χ2v) is 6.98. The lowest BCUT2D eigenvalue weighted by Gasteiger charge is -2.27. The molecular formula is C22H30N4O2. The molecule has 1 aliphatic heterocycles. The molecule has 1 atom stereocenters. The van der Waals surface area contributed by atoms with Crippen LogP contribution in [0, 0.1) is 0 Å². The van der Waals surface area contributed by atoms with Gasteiger partial charge in [-0.05, 0) is 49.7 Å². The molecule has 2 aromatic carbocycles. The maximum Gasteiger partial charge on any atom is 0.193 e. The van der Waals surface area contributed by atoms with Gasteiger partial charge >= 0.3 is 0 Å². The highest BCUT2D eigenvalue weighted by Gasteiger charge is 2.23. The third-order valence-electron chi connectivity index (χ3n) is 5.07. The van der Waals surface area contributed by atoms with Crippen molar-refractivity contribution in [2.75, 3.05) is 39.2 Å². The minimum Gasteiger partial charge on any atom is -0.497 e. The van der Waals surface area contributed by atoms with E-state index in [2.05, 4.69) is 27.3 Å². The van der Waals surface area contributed by atoms with Crippen LogP contribution in [-0.2, 0) is 11.3 Å². The molecule has 0 radical (unpaired) electrons. The maximum absolute atomic E-state index is 6.21. The van der Waals surface area contributed by atoms with Gasteiger partial charge in [0.25, 0.3) is 0 Å². The van der Waals surface area contributed by atoms with Gasteiger partial charge < -0.3 is 20.5 Å². The molecule has 1 unspecified atom stereocenters. The fraction of sp³-hybridized carbons (Fsp3) is 0.409. The van der Waals surface area contributed by atoms with Crippen LogP contribution in [0.1, 0.15) is 30.0 Å². The standard InChI is InChI=1S/C22H30N4O2/c1-27-16-18-8-3-4-11-20(18)25-22(23)24-15-21(26-12-5-6-13-26)17-9-7-10-19(14-17)28-2/h3-4,7-11,14,21H,5-6,12-13,15-16H2,1-2H3,(H3,23,24,25). The average Bonchev–Trinajstić information content (AvgIpc) is 3.24. The lowest BCUT2D eigenvalue weighted by molar-refractivity contribution is 0.185. The highest BCUT2D eigenvalue weighted by Crippen LogP contribution is 2.28. The number of nitrogens with one attached hydrogen (secondary N) is 1. The maximum atomic E-state index is 6.21. The summed E-state index contributed by atoms with van der Waals surface area (Å²) in [6.07, 6.45) is 2.45. The molecule has 0 aliphatic carbocycles. The molecule has 3 N–H and O–H groups in total. The number of aliphatic imine (C=N–C) groups is 1. The minimum atomic E-state index is 0.187. The molecule has 2 aromatic rings. The van der Waals surface area contributed by atoms with Crippen molar-refractivity contribution in [2.45, 2.75) is 25.5 Å². The Balaban J connectivity index is 1.75. The van der Waals surface area contributed by atoms with Gasteiger partial charge in [0, 0.05) is 18.4 Å². The summed E-state index contributed by atoms with van der Waals surface area (Å²) in [4.78, 5) is 7.13. The molecular weight excluding hydrogens is 352 g/mol. The van der Waals surface area contributed by atoms with E-state index in [1.54, 1.807) is 14.2 Å². The van der Waals surface area contributed by atoms with Gasteiger partial charge in [0.1, 0.15) is 5.75 Å². The molecule has 0 spiro atoms. The monoisotopic (exact) mass is 382 g/mol. The van der Waals surface area contributed by atoms with Crippen LogP contribution in [-0.4, -0.2) is 44.7 Å². The van der Waals surface area contributed by atoms with Crippen LogP contribution in [0.15, 0.2) is 53.5 Å². The molecule has 150 valence electrons. The van der Waals surface area contributed by atoms with Crippen molar-refractivity contribution < 1.29 is 9.47 Å². The fourth-order valence-corrected chi connectivity index (χ4v) is 3.62. The van der Waals surface area contributed by atoms with Crippen molar-refractivity contribution >= 4 is 11.6 Å². The van der Waals surface area contributed by atoms with E-state index in [-0.39, 0.29) is 6.04 Å². The Labute approximate surface area is 167 Å². The number of nitrogens with two attached hydrogens (primary N) is 1. The smallest absolute Gasteiger partial charge is 0.193 e. The summed E-state index contributed by atoms with van der Waals surface area (Å²) in [5.41, 5.74) is 9.38. The first-order chi connectivity index (χ1) is 13.7. The molecule has 6 nitrogen and oxygen atoms in total. The van der Waals surface area contributed by atoms with E-state index in [4.69, 9.17) is 15.2 Å².